The monoisotopic (exact) mass is 305 g/mol. The molecule has 0 aliphatic rings. The molecule has 0 heterocycles. The van der Waals surface area contributed by atoms with Gasteiger partial charge in [-0.3, -0.25) is 4.79 Å². The second kappa shape index (κ2) is 7.11. The van der Waals surface area contributed by atoms with Crippen LogP contribution in [0.5, 0.6) is 5.75 Å². The van der Waals surface area contributed by atoms with Crippen LogP contribution in [-0.2, 0) is 4.79 Å². The van der Waals surface area contributed by atoms with Gasteiger partial charge in [0, 0.05) is 10.7 Å². The van der Waals surface area contributed by atoms with E-state index < -0.39 is 6.10 Å². The van der Waals surface area contributed by atoms with E-state index in [9.17, 15) is 9.90 Å². The number of rotatable bonds is 5. The van der Waals surface area contributed by atoms with Crippen molar-refractivity contribution in [2.24, 2.45) is 0 Å². The summed E-state index contributed by atoms with van der Waals surface area (Å²) in [6, 6.07) is 13.9. The van der Waals surface area contributed by atoms with E-state index >= 15 is 0 Å². The maximum Gasteiger partial charge on any atom is 0.262 e. The van der Waals surface area contributed by atoms with E-state index in [1.54, 1.807) is 55.5 Å². The molecule has 0 bridgehead atoms. The number of aliphatic hydroxyl groups is 1. The van der Waals surface area contributed by atoms with Gasteiger partial charge in [0.15, 0.2) is 6.61 Å². The Kier molecular flexibility index (Phi) is 5.20. The quantitative estimate of drug-likeness (QED) is 0.890. The van der Waals surface area contributed by atoms with Gasteiger partial charge in [0.1, 0.15) is 5.75 Å². The van der Waals surface area contributed by atoms with E-state index in [-0.39, 0.29) is 12.5 Å². The molecule has 0 saturated heterocycles. The molecule has 0 aliphatic carbocycles. The predicted octanol–water partition coefficient (Wildman–Crippen LogP) is 3.41. The van der Waals surface area contributed by atoms with Crippen LogP contribution in [0.15, 0.2) is 48.5 Å². The van der Waals surface area contributed by atoms with Gasteiger partial charge in [0.2, 0.25) is 0 Å². The summed E-state index contributed by atoms with van der Waals surface area (Å²) in [5.74, 6) is 0.259. The Bertz CT molecular complexity index is 628. The first kappa shape index (κ1) is 15.4. The smallest absolute Gasteiger partial charge is 0.262 e. The molecule has 2 N–H and O–H groups in total. The first-order chi connectivity index (χ1) is 10.0. The van der Waals surface area contributed by atoms with Crippen molar-refractivity contribution in [3.63, 3.8) is 0 Å². The van der Waals surface area contributed by atoms with Crippen molar-refractivity contribution in [1.29, 1.82) is 0 Å². The Morgan fingerprint density at radius 2 is 2.05 bits per heavy atom. The molecule has 0 spiro atoms. The van der Waals surface area contributed by atoms with E-state index in [4.69, 9.17) is 16.3 Å². The number of carbonyl (C=O) groups is 1. The second-order valence-electron chi connectivity index (χ2n) is 4.60. The van der Waals surface area contributed by atoms with Crippen molar-refractivity contribution in [2.45, 2.75) is 13.0 Å². The van der Waals surface area contributed by atoms with Crippen molar-refractivity contribution in [2.75, 3.05) is 11.9 Å². The molecule has 0 aliphatic heterocycles. The van der Waals surface area contributed by atoms with E-state index in [0.717, 1.165) is 5.56 Å². The molecule has 2 aromatic rings. The zero-order valence-corrected chi connectivity index (χ0v) is 12.3. The number of halogens is 1. The van der Waals surface area contributed by atoms with Crippen LogP contribution in [-0.4, -0.2) is 17.6 Å². The summed E-state index contributed by atoms with van der Waals surface area (Å²) in [7, 11) is 0. The van der Waals surface area contributed by atoms with E-state index in [1.165, 1.54) is 0 Å². The third-order valence-corrected chi connectivity index (χ3v) is 3.05. The molecule has 110 valence electrons. The third kappa shape index (κ3) is 4.77. The van der Waals surface area contributed by atoms with Gasteiger partial charge >= 0.3 is 0 Å². The molecular formula is C16H16ClNO3. The highest BCUT2D eigenvalue weighted by Crippen LogP contribution is 2.19. The molecule has 0 unspecified atom stereocenters. The lowest BCUT2D eigenvalue weighted by atomic mass is 10.1. The Hall–Kier alpha value is -2.04. The van der Waals surface area contributed by atoms with E-state index in [2.05, 4.69) is 5.32 Å². The lowest BCUT2D eigenvalue weighted by Crippen LogP contribution is -2.20. The summed E-state index contributed by atoms with van der Waals surface area (Å²) in [4.78, 5) is 11.8. The Morgan fingerprint density at radius 3 is 2.76 bits per heavy atom. The minimum atomic E-state index is -0.575. The normalized spacial score (nSPS) is 11.8. The molecule has 0 saturated carbocycles. The zero-order chi connectivity index (χ0) is 15.2. The van der Waals surface area contributed by atoms with Crippen molar-refractivity contribution in [3.8, 4) is 5.75 Å². The number of benzene rings is 2. The van der Waals surface area contributed by atoms with Crippen LogP contribution in [0.4, 0.5) is 5.69 Å². The molecule has 2 rings (SSSR count). The molecule has 0 fully saturated rings. The molecule has 21 heavy (non-hydrogen) atoms. The average Bonchev–Trinajstić information content (AvgIpc) is 2.45. The molecule has 0 aromatic heterocycles. The topological polar surface area (TPSA) is 58.6 Å². The van der Waals surface area contributed by atoms with Gasteiger partial charge in [0.05, 0.1) is 6.10 Å². The van der Waals surface area contributed by atoms with Gasteiger partial charge in [0.25, 0.3) is 5.91 Å². The van der Waals surface area contributed by atoms with E-state index in [0.29, 0.717) is 16.5 Å². The maximum atomic E-state index is 11.8. The Labute approximate surface area is 128 Å². The summed E-state index contributed by atoms with van der Waals surface area (Å²) in [5, 5.41) is 12.7. The van der Waals surface area contributed by atoms with Crippen LogP contribution in [0.25, 0.3) is 0 Å². The van der Waals surface area contributed by atoms with E-state index in [1.807, 2.05) is 0 Å². The van der Waals surface area contributed by atoms with Gasteiger partial charge in [-0.25, -0.2) is 0 Å². The number of amides is 1. The number of nitrogens with one attached hydrogen (secondary N) is 1. The third-order valence-electron chi connectivity index (χ3n) is 2.82. The lowest BCUT2D eigenvalue weighted by Gasteiger charge is -2.10. The summed E-state index contributed by atoms with van der Waals surface area (Å²) in [5.41, 5.74) is 1.36. The van der Waals surface area contributed by atoms with Gasteiger partial charge in [-0.05, 0) is 42.8 Å². The summed E-state index contributed by atoms with van der Waals surface area (Å²) >= 11 is 5.84. The van der Waals surface area contributed by atoms with Crippen LogP contribution >= 0.6 is 11.6 Å². The summed E-state index contributed by atoms with van der Waals surface area (Å²) in [6.45, 7) is 1.56. The van der Waals surface area contributed by atoms with Gasteiger partial charge < -0.3 is 15.2 Å². The van der Waals surface area contributed by atoms with Crippen molar-refractivity contribution < 1.29 is 14.6 Å². The predicted molar refractivity (Wildman–Crippen MR) is 82.7 cm³/mol. The van der Waals surface area contributed by atoms with Crippen LogP contribution < -0.4 is 10.1 Å². The average molecular weight is 306 g/mol. The van der Waals surface area contributed by atoms with Crippen molar-refractivity contribution in [1.82, 2.24) is 0 Å². The molecule has 5 heteroatoms. The Balaban J connectivity index is 1.90. The minimum absolute atomic E-state index is 0.115. The number of hydrogen-bond donors (Lipinski definition) is 2. The lowest BCUT2D eigenvalue weighted by molar-refractivity contribution is -0.118. The molecule has 1 atom stereocenters. The fourth-order valence-corrected chi connectivity index (χ4v) is 1.97. The van der Waals surface area contributed by atoms with Gasteiger partial charge in [-0.2, -0.15) is 0 Å². The van der Waals surface area contributed by atoms with Gasteiger partial charge in [-0.15, -0.1) is 0 Å². The van der Waals surface area contributed by atoms with Crippen molar-refractivity contribution >= 4 is 23.2 Å². The molecule has 1 amide bonds. The highest BCUT2D eigenvalue weighted by molar-refractivity contribution is 6.30. The van der Waals surface area contributed by atoms with Gasteiger partial charge in [-0.1, -0.05) is 29.8 Å². The fourth-order valence-electron chi connectivity index (χ4n) is 1.78. The van der Waals surface area contributed by atoms with Crippen LogP contribution in [0.3, 0.4) is 0 Å². The highest BCUT2D eigenvalue weighted by atomic mass is 35.5. The van der Waals surface area contributed by atoms with Crippen molar-refractivity contribution in [3.05, 3.63) is 59.1 Å². The number of aliphatic hydroxyl groups excluding tert-OH is 1. The Morgan fingerprint density at radius 1 is 1.29 bits per heavy atom. The number of hydrogen-bond acceptors (Lipinski definition) is 3. The number of ether oxygens (including phenoxy) is 1. The first-order valence-corrected chi connectivity index (χ1v) is 6.88. The minimum Gasteiger partial charge on any atom is -0.484 e. The fraction of sp³-hybridized carbons (Fsp3) is 0.188. The number of anilines is 1. The highest BCUT2D eigenvalue weighted by Gasteiger charge is 2.06. The largest absolute Gasteiger partial charge is 0.484 e. The molecular weight excluding hydrogens is 290 g/mol. The standard InChI is InChI=1S/C16H16ClNO3/c1-11(19)12-4-2-7-15(8-12)21-10-16(20)18-14-6-3-5-13(17)9-14/h2-9,11,19H,10H2,1H3,(H,18,20)/t11-/m0/s1. The summed E-state index contributed by atoms with van der Waals surface area (Å²) < 4.78 is 5.40. The molecule has 4 nitrogen and oxygen atoms in total. The SMILES string of the molecule is C[C@H](O)c1cccc(OCC(=O)Nc2cccc(Cl)c2)c1. The zero-order valence-electron chi connectivity index (χ0n) is 11.5. The molecule has 2 aromatic carbocycles. The second-order valence-corrected chi connectivity index (χ2v) is 5.03. The summed E-state index contributed by atoms with van der Waals surface area (Å²) in [6.07, 6.45) is -0.575. The molecule has 0 radical (unpaired) electrons. The maximum absolute atomic E-state index is 11.8. The number of carbonyl (C=O) groups excluding carboxylic acids is 1. The van der Waals surface area contributed by atoms with Crippen LogP contribution in [0.2, 0.25) is 5.02 Å². The van der Waals surface area contributed by atoms with Crippen LogP contribution in [0.1, 0.15) is 18.6 Å². The van der Waals surface area contributed by atoms with Crippen LogP contribution in [0, 0.1) is 0 Å². The first-order valence-electron chi connectivity index (χ1n) is 6.51.